The number of aliphatic hydroxyl groups excluding tert-OH is 1. The predicted molar refractivity (Wildman–Crippen MR) is 73.4 cm³/mol. The molecule has 0 saturated carbocycles. The lowest BCUT2D eigenvalue weighted by Crippen LogP contribution is -2.28. The molecule has 0 aliphatic heterocycles. The molecule has 0 heterocycles. The van der Waals surface area contributed by atoms with Gasteiger partial charge in [0.15, 0.2) is 0 Å². The molecule has 0 aliphatic carbocycles. The number of nitrogens with two attached hydrogens (primary N) is 1. The van der Waals surface area contributed by atoms with Crippen LogP contribution in [0.2, 0.25) is 0 Å². The summed E-state index contributed by atoms with van der Waals surface area (Å²) in [4.78, 5) is 11.8. The summed E-state index contributed by atoms with van der Waals surface area (Å²) in [6.07, 6.45) is -0.119. The van der Waals surface area contributed by atoms with Crippen LogP contribution in [0.15, 0.2) is 22.7 Å². The van der Waals surface area contributed by atoms with E-state index in [2.05, 4.69) is 21.2 Å². The van der Waals surface area contributed by atoms with E-state index in [4.69, 9.17) is 10.5 Å². The van der Waals surface area contributed by atoms with Gasteiger partial charge in [-0.1, -0.05) is 15.9 Å². The Hall–Kier alpha value is -1.11. The number of nitrogens with one attached hydrogen (secondary N) is 1. The Labute approximate surface area is 114 Å². The average molecular weight is 317 g/mol. The minimum Gasteiger partial charge on any atom is -0.399 e. The van der Waals surface area contributed by atoms with E-state index in [9.17, 15) is 9.90 Å². The van der Waals surface area contributed by atoms with Crippen molar-refractivity contribution < 1.29 is 14.6 Å². The van der Waals surface area contributed by atoms with E-state index in [1.54, 1.807) is 18.2 Å². The zero-order valence-corrected chi connectivity index (χ0v) is 11.7. The lowest BCUT2D eigenvalue weighted by atomic mass is 10.2. The van der Waals surface area contributed by atoms with Crippen LogP contribution in [0.25, 0.3) is 0 Å². The van der Waals surface area contributed by atoms with Crippen molar-refractivity contribution in [3.05, 3.63) is 28.2 Å². The molecule has 0 aromatic heterocycles. The van der Waals surface area contributed by atoms with Gasteiger partial charge in [0, 0.05) is 29.4 Å². The summed E-state index contributed by atoms with van der Waals surface area (Å²) in [6, 6.07) is 5.02. The molecule has 4 N–H and O–H groups in total. The van der Waals surface area contributed by atoms with Gasteiger partial charge in [0.05, 0.1) is 12.7 Å². The quantitative estimate of drug-likeness (QED) is 0.688. The Balaban J connectivity index is 2.45. The third kappa shape index (κ3) is 5.03. The van der Waals surface area contributed by atoms with Gasteiger partial charge in [-0.3, -0.25) is 4.79 Å². The summed E-state index contributed by atoms with van der Waals surface area (Å²) in [5.41, 5.74) is 6.66. The van der Waals surface area contributed by atoms with E-state index in [-0.39, 0.29) is 12.5 Å². The fourth-order valence-corrected chi connectivity index (χ4v) is 1.98. The second kappa shape index (κ2) is 7.35. The van der Waals surface area contributed by atoms with Gasteiger partial charge in [-0.15, -0.1) is 0 Å². The van der Waals surface area contributed by atoms with E-state index in [0.717, 1.165) is 4.47 Å². The van der Waals surface area contributed by atoms with E-state index >= 15 is 0 Å². The van der Waals surface area contributed by atoms with Gasteiger partial charge >= 0.3 is 0 Å². The van der Waals surface area contributed by atoms with Crippen LogP contribution in [-0.4, -0.2) is 37.4 Å². The zero-order valence-electron chi connectivity index (χ0n) is 10.1. The molecule has 0 saturated heterocycles. The summed E-state index contributed by atoms with van der Waals surface area (Å²) in [6.45, 7) is 0.648. The second-order valence-corrected chi connectivity index (χ2v) is 4.84. The molecule has 0 radical (unpaired) electrons. The number of hydrogen-bond donors (Lipinski definition) is 3. The molecule has 100 valence electrons. The summed E-state index contributed by atoms with van der Waals surface area (Å²) >= 11 is 3.28. The van der Waals surface area contributed by atoms with Crippen molar-refractivity contribution in [2.24, 2.45) is 0 Å². The number of carbonyl (C=O) groups is 1. The third-order valence-corrected chi connectivity index (χ3v) is 2.76. The Morgan fingerprint density at radius 3 is 2.89 bits per heavy atom. The highest BCUT2D eigenvalue weighted by Gasteiger charge is 2.08. The Morgan fingerprint density at radius 1 is 1.56 bits per heavy atom. The highest BCUT2D eigenvalue weighted by molar-refractivity contribution is 9.10. The molecule has 1 aromatic rings. The maximum atomic E-state index is 11.8. The molecular formula is C12H17BrN2O3. The van der Waals surface area contributed by atoms with Crippen molar-refractivity contribution in [1.29, 1.82) is 0 Å². The molecule has 5 nitrogen and oxygen atoms in total. The maximum absolute atomic E-state index is 11.8. The van der Waals surface area contributed by atoms with Crippen LogP contribution in [-0.2, 0) is 4.74 Å². The zero-order chi connectivity index (χ0) is 13.5. The normalized spacial score (nSPS) is 12.2. The molecule has 0 fully saturated rings. The molecule has 1 aromatic carbocycles. The minimum atomic E-state index is -0.567. The van der Waals surface area contributed by atoms with Crippen LogP contribution in [0, 0.1) is 0 Å². The number of rotatable bonds is 6. The van der Waals surface area contributed by atoms with Gasteiger partial charge < -0.3 is 20.9 Å². The van der Waals surface area contributed by atoms with Gasteiger partial charge in [0.2, 0.25) is 0 Å². The highest BCUT2D eigenvalue weighted by atomic mass is 79.9. The number of halogens is 1. The monoisotopic (exact) mass is 316 g/mol. The molecule has 1 atom stereocenters. The number of amides is 1. The first kappa shape index (κ1) is 14.9. The summed E-state index contributed by atoms with van der Waals surface area (Å²) in [7, 11) is 1.52. The van der Waals surface area contributed by atoms with Crippen LogP contribution in [0.3, 0.4) is 0 Å². The molecule has 18 heavy (non-hydrogen) atoms. The Bertz CT molecular complexity index is 392. The number of hydrogen-bond acceptors (Lipinski definition) is 4. The second-order valence-electron chi connectivity index (χ2n) is 3.93. The predicted octanol–water partition coefficient (Wildman–Crippen LogP) is 1.16. The number of benzene rings is 1. The molecular weight excluding hydrogens is 300 g/mol. The van der Waals surface area contributed by atoms with E-state index in [1.807, 2.05) is 0 Å². The van der Waals surface area contributed by atoms with Crippen LogP contribution in [0.1, 0.15) is 16.8 Å². The summed E-state index contributed by atoms with van der Waals surface area (Å²) in [5, 5.41) is 12.1. The van der Waals surface area contributed by atoms with Gasteiger partial charge in [0.1, 0.15) is 0 Å². The van der Waals surface area contributed by atoms with Crippen LogP contribution < -0.4 is 11.1 Å². The molecule has 6 heteroatoms. The van der Waals surface area contributed by atoms with Gasteiger partial charge in [-0.05, 0) is 24.6 Å². The fraction of sp³-hybridized carbons (Fsp3) is 0.417. The van der Waals surface area contributed by atoms with Crippen molar-refractivity contribution in [2.75, 3.05) is 26.0 Å². The van der Waals surface area contributed by atoms with Crippen molar-refractivity contribution in [1.82, 2.24) is 5.32 Å². The number of ether oxygens (including phenoxy) is 1. The first-order valence-electron chi connectivity index (χ1n) is 5.54. The summed E-state index contributed by atoms with van der Waals surface area (Å²) < 4.78 is 5.55. The Kier molecular flexibility index (Phi) is 6.11. The van der Waals surface area contributed by atoms with Crippen molar-refractivity contribution in [3.8, 4) is 0 Å². The third-order valence-electron chi connectivity index (χ3n) is 2.30. The SMILES string of the molecule is COCC(O)CCNC(=O)c1cc(N)cc(Br)c1. The summed E-state index contributed by atoms with van der Waals surface area (Å²) in [5.74, 6) is -0.215. The van der Waals surface area contributed by atoms with Gasteiger partial charge in [0.25, 0.3) is 5.91 Å². The number of anilines is 1. The van der Waals surface area contributed by atoms with Gasteiger partial charge in [-0.25, -0.2) is 0 Å². The smallest absolute Gasteiger partial charge is 0.251 e. The van der Waals surface area contributed by atoms with Gasteiger partial charge in [-0.2, -0.15) is 0 Å². The molecule has 1 rings (SSSR count). The number of nitrogen functional groups attached to an aromatic ring is 1. The Morgan fingerprint density at radius 2 is 2.28 bits per heavy atom. The van der Waals surface area contributed by atoms with Crippen LogP contribution in [0.5, 0.6) is 0 Å². The largest absolute Gasteiger partial charge is 0.399 e. The minimum absolute atomic E-state index is 0.215. The average Bonchev–Trinajstić information content (AvgIpc) is 2.27. The lowest BCUT2D eigenvalue weighted by molar-refractivity contribution is 0.0587. The standard InChI is InChI=1S/C12H17BrN2O3/c1-18-7-11(16)2-3-15-12(17)8-4-9(13)6-10(14)5-8/h4-6,11,16H,2-3,7,14H2,1H3,(H,15,17). The molecule has 0 bridgehead atoms. The van der Waals surface area contributed by atoms with E-state index < -0.39 is 6.10 Å². The molecule has 1 unspecified atom stereocenters. The highest BCUT2D eigenvalue weighted by Crippen LogP contribution is 2.17. The molecule has 1 amide bonds. The number of methoxy groups -OCH3 is 1. The first-order valence-corrected chi connectivity index (χ1v) is 6.33. The number of carbonyl (C=O) groups excluding carboxylic acids is 1. The van der Waals surface area contributed by atoms with Crippen molar-refractivity contribution in [2.45, 2.75) is 12.5 Å². The van der Waals surface area contributed by atoms with E-state index in [0.29, 0.717) is 24.2 Å². The topological polar surface area (TPSA) is 84.6 Å². The molecule has 0 aliphatic rings. The lowest BCUT2D eigenvalue weighted by Gasteiger charge is -2.10. The first-order chi connectivity index (χ1) is 8.52. The van der Waals surface area contributed by atoms with Crippen molar-refractivity contribution in [3.63, 3.8) is 0 Å². The van der Waals surface area contributed by atoms with E-state index in [1.165, 1.54) is 7.11 Å². The fourth-order valence-electron chi connectivity index (χ4n) is 1.47. The van der Waals surface area contributed by atoms with Crippen LogP contribution in [0.4, 0.5) is 5.69 Å². The molecule has 0 spiro atoms. The number of aliphatic hydroxyl groups is 1. The maximum Gasteiger partial charge on any atom is 0.251 e. The van der Waals surface area contributed by atoms with Crippen molar-refractivity contribution >= 4 is 27.5 Å². The van der Waals surface area contributed by atoms with Crippen LogP contribution >= 0.6 is 15.9 Å².